The third-order valence-electron chi connectivity index (χ3n) is 4.20. The minimum absolute atomic E-state index is 0.221. The minimum Gasteiger partial charge on any atom is -0.322 e. The molecule has 0 heterocycles. The first-order chi connectivity index (χ1) is 14.0. The van der Waals surface area contributed by atoms with Crippen molar-refractivity contribution in [2.75, 3.05) is 5.32 Å². The largest absolute Gasteiger partial charge is 0.322 e. The molecule has 3 aromatic rings. The summed E-state index contributed by atoms with van der Waals surface area (Å²) in [6.07, 6.45) is 0. The van der Waals surface area contributed by atoms with Gasteiger partial charge >= 0.3 is 0 Å². The molecule has 0 aliphatic carbocycles. The Hall–Kier alpha value is -3.45. The van der Waals surface area contributed by atoms with E-state index < -0.39 is 11.8 Å². The highest BCUT2D eigenvalue weighted by atomic mass is 79.9. The number of aryl methyl sites for hydroxylation is 1. The third kappa shape index (κ3) is 5.08. The number of halogens is 1. The van der Waals surface area contributed by atoms with Crippen LogP contribution in [0.3, 0.4) is 0 Å². The average molecular weight is 452 g/mol. The predicted octanol–water partition coefficient (Wildman–Crippen LogP) is 4.08. The number of benzene rings is 3. The number of hydrogen-bond donors (Lipinski definition) is 3. The molecule has 0 saturated heterocycles. The van der Waals surface area contributed by atoms with Crippen molar-refractivity contribution in [2.45, 2.75) is 6.92 Å². The molecule has 0 saturated carbocycles. The lowest BCUT2D eigenvalue weighted by molar-refractivity contribution is 0.0846. The summed E-state index contributed by atoms with van der Waals surface area (Å²) in [5.74, 6) is -1.13. The highest BCUT2D eigenvalue weighted by molar-refractivity contribution is 9.10. The van der Waals surface area contributed by atoms with Crippen LogP contribution in [-0.2, 0) is 0 Å². The van der Waals surface area contributed by atoms with Crippen LogP contribution < -0.4 is 16.2 Å². The van der Waals surface area contributed by atoms with Crippen LogP contribution >= 0.6 is 15.9 Å². The van der Waals surface area contributed by atoms with Gasteiger partial charge in [0.05, 0.1) is 5.56 Å². The fraction of sp³-hybridized carbons (Fsp3) is 0.0455. The van der Waals surface area contributed by atoms with Crippen molar-refractivity contribution in [1.82, 2.24) is 10.9 Å². The monoisotopic (exact) mass is 451 g/mol. The Labute approximate surface area is 176 Å². The molecule has 0 radical (unpaired) electrons. The first-order valence-electron chi connectivity index (χ1n) is 8.78. The van der Waals surface area contributed by atoms with E-state index in [4.69, 9.17) is 0 Å². The topological polar surface area (TPSA) is 87.3 Å². The minimum atomic E-state index is -0.470. The van der Waals surface area contributed by atoms with Gasteiger partial charge in [0, 0.05) is 21.3 Å². The maximum atomic E-state index is 12.4. The summed E-state index contributed by atoms with van der Waals surface area (Å²) < 4.78 is 0.625. The van der Waals surface area contributed by atoms with Gasteiger partial charge in [0.1, 0.15) is 0 Å². The van der Waals surface area contributed by atoms with Crippen molar-refractivity contribution in [3.63, 3.8) is 0 Å². The zero-order valence-corrected chi connectivity index (χ0v) is 17.1. The summed E-state index contributed by atoms with van der Waals surface area (Å²) in [4.78, 5) is 36.7. The number of rotatable bonds is 4. The van der Waals surface area contributed by atoms with E-state index in [-0.39, 0.29) is 5.91 Å². The highest BCUT2D eigenvalue weighted by Gasteiger charge is 2.12. The number of hydrazine groups is 1. The number of hydrogen-bond acceptors (Lipinski definition) is 3. The zero-order valence-electron chi connectivity index (χ0n) is 15.5. The molecule has 7 heteroatoms. The van der Waals surface area contributed by atoms with Gasteiger partial charge in [-0.3, -0.25) is 25.2 Å². The van der Waals surface area contributed by atoms with Gasteiger partial charge in [-0.1, -0.05) is 30.3 Å². The van der Waals surface area contributed by atoms with Gasteiger partial charge in [-0.15, -0.1) is 0 Å². The van der Waals surface area contributed by atoms with Gasteiger partial charge in [0.2, 0.25) is 0 Å². The fourth-order valence-corrected chi connectivity index (χ4v) is 3.09. The Morgan fingerprint density at radius 2 is 1.28 bits per heavy atom. The summed E-state index contributed by atoms with van der Waals surface area (Å²) in [6, 6.07) is 20.6. The number of anilines is 1. The highest BCUT2D eigenvalue weighted by Crippen LogP contribution is 2.16. The van der Waals surface area contributed by atoms with Crippen LogP contribution in [0.1, 0.15) is 36.6 Å². The Morgan fingerprint density at radius 1 is 0.690 bits per heavy atom. The van der Waals surface area contributed by atoms with Crippen LogP contribution in [0.25, 0.3) is 0 Å². The van der Waals surface area contributed by atoms with Gasteiger partial charge in [-0.05, 0) is 70.9 Å². The molecule has 3 amide bonds. The lowest BCUT2D eigenvalue weighted by Gasteiger charge is -2.10. The molecule has 0 aromatic heterocycles. The fourth-order valence-electron chi connectivity index (χ4n) is 2.63. The van der Waals surface area contributed by atoms with E-state index in [9.17, 15) is 14.4 Å². The third-order valence-corrected chi connectivity index (χ3v) is 4.89. The van der Waals surface area contributed by atoms with Crippen molar-refractivity contribution < 1.29 is 14.4 Å². The quantitative estimate of drug-likeness (QED) is 0.522. The van der Waals surface area contributed by atoms with Crippen molar-refractivity contribution >= 4 is 39.3 Å². The first-order valence-corrected chi connectivity index (χ1v) is 9.57. The molecule has 3 aromatic carbocycles. The predicted molar refractivity (Wildman–Crippen MR) is 115 cm³/mol. The van der Waals surface area contributed by atoms with Crippen LogP contribution in [0.2, 0.25) is 0 Å². The van der Waals surface area contributed by atoms with Crippen molar-refractivity contribution in [3.05, 3.63) is 99.5 Å². The summed E-state index contributed by atoms with van der Waals surface area (Å²) in [7, 11) is 0. The van der Waals surface area contributed by atoms with Crippen LogP contribution in [0.5, 0.6) is 0 Å². The number of nitrogens with one attached hydrogen (secondary N) is 3. The molecule has 0 aliphatic heterocycles. The van der Waals surface area contributed by atoms with Gasteiger partial charge in [0.25, 0.3) is 17.7 Å². The molecule has 0 atom stereocenters. The smallest absolute Gasteiger partial charge is 0.270 e. The van der Waals surface area contributed by atoms with E-state index in [0.717, 1.165) is 5.56 Å². The molecular weight excluding hydrogens is 434 g/mol. The van der Waals surface area contributed by atoms with E-state index in [1.165, 1.54) is 0 Å². The molecule has 0 aliphatic rings. The summed E-state index contributed by atoms with van der Waals surface area (Å²) in [6.45, 7) is 1.87. The molecule has 0 bridgehead atoms. The molecule has 0 spiro atoms. The molecule has 0 fully saturated rings. The summed E-state index contributed by atoms with van der Waals surface area (Å²) in [5, 5.41) is 2.80. The van der Waals surface area contributed by atoms with Crippen LogP contribution in [0.15, 0.2) is 77.3 Å². The Balaban J connectivity index is 1.59. The SMILES string of the molecule is Cc1ccccc1C(=O)Nc1ccc(C(=O)NNC(=O)c2ccccc2Br)cc1. The Kier molecular flexibility index (Phi) is 6.41. The van der Waals surface area contributed by atoms with E-state index in [2.05, 4.69) is 32.1 Å². The summed E-state index contributed by atoms with van der Waals surface area (Å²) >= 11 is 3.29. The van der Waals surface area contributed by atoms with E-state index >= 15 is 0 Å². The van der Waals surface area contributed by atoms with Crippen LogP contribution in [0.4, 0.5) is 5.69 Å². The molecule has 29 heavy (non-hydrogen) atoms. The van der Waals surface area contributed by atoms with E-state index in [1.807, 2.05) is 19.1 Å². The molecule has 146 valence electrons. The van der Waals surface area contributed by atoms with Gasteiger partial charge < -0.3 is 5.32 Å². The lowest BCUT2D eigenvalue weighted by Crippen LogP contribution is -2.41. The van der Waals surface area contributed by atoms with Crippen molar-refractivity contribution in [3.8, 4) is 0 Å². The molecule has 3 N–H and O–H groups in total. The van der Waals surface area contributed by atoms with Gasteiger partial charge in [-0.2, -0.15) is 0 Å². The number of carbonyl (C=O) groups excluding carboxylic acids is 3. The Bertz CT molecular complexity index is 1060. The van der Waals surface area contributed by atoms with Gasteiger partial charge in [0.15, 0.2) is 0 Å². The standard InChI is InChI=1S/C22H18BrN3O3/c1-14-6-2-3-7-17(14)21(28)24-16-12-10-15(11-13-16)20(27)25-26-22(29)18-8-4-5-9-19(18)23/h2-13H,1H3,(H,24,28)(H,25,27)(H,26,29). The normalized spacial score (nSPS) is 10.1. The molecule has 6 nitrogen and oxygen atoms in total. The Morgan fingerprint density at radius 3 is 1.93 bits per heavy atom. The van der Waals surface area contributed by atoms with Crippen LogP contribution in [-0.4, -0.2) is 17.7 Å². The first kappa shape index (κ1) is 20.3. The number of amides is 3. The van der Waals surface area contributed by atoms with E-state index in [0.29, 0.717) is 26.9 Å². The second-order valence-electron chi connectivity index (χ2n) is 6.23. The maximum absolute atomic E-state index is 12.4. The molecule has 3 rings (SSSR count). The second-order valence-corrected chi connectivity index (χ2v) is 7.09. The van der Waals surface area contributed by atoms with Crippen molar-refractivity contribution in [2.24, 2.45) is 0 Å². The number of carbonyl (C=O) groups is 3. The van der Waals surface area contributed by atoms with Gasteiger partial charge in [-0.25, -0.2) is 0 Å². The molecule has 0 unspecified atom stereocenters. The molecular formula is C22H18BrN3O3. The zero-order chi connectivity index (χ0) is 20.8. The lowest BCUT2D eigenvalue weighted by atomic mass is 10.1. The average Bonchev–Trinajstić information content (AvgIpc) is 2.73. The summed E-state index contributed by atoms with van der Waals surface area (Å²) in [5.41, 5.74) is 7.52. The van der Waals surface area contributed by atoms with E-state index in [1.54, 1.807) is 60.7 Å². The second kappa shape index (κ2) is 9.16. The van der Waals surface area contributed by atoms with Crippen LogP contribution in [0, 0.1) is 6.92 Å². The van der Waals surface area contributed by atoms with Crippen molar-refractivity contribution in [1.29, 1.82) is 0 Å². The maximum Gasteiger partial charge on any atom is 0.270 e.